The van der Waals surface area contributed by atoms with Crippen LogP contribution in [0.5, 0.6) is 0 Å². The zero-order chi connectivity index (χ0) is 15.6. The smallest absolute Gasteiger partial charge is 0.207 e. The van der Waals surface area contributed by atoms with Crippen LogP contribution in [-0.4, -0.2) is 13.4 Å². The van der Waals surface area contributed by atoms with E-state index in [1.165, 1.54) is 6.07 Å². The molecule has 1 aromatic heterocycles. The van der Waals surface area contributed by atoms with Crippen molar-refractivity contribution in [3.05, 3.63) is 77.9 Å². The summed E-state index contributed by atoms with van der Waals surface area (Å²) in [6.07, 6.45) is 1.62. The van der Waals surface area contributed by atoms with Crippen molar-refractivity contribution in [3.8, 4) is 11.3 Å². The highest BCUT2D eigenvalue weighted by atomic mass is 35.5. The SMILES string of the molecule is O=S(=O)(c1ccccc1)c1ccc(Cl)cc1-c1ccccn1. The first-order valence-electron chi connectivity index (χ1n) is 6.60. The van der Waals surface area contributed by atoms with Gasteiger partial charge in [-0.1, -0.05) is 35.9 Å². The molecule has 0 atom stereocenters. The molecule has 0 aliphatic heterocycles. The van der Waals surface area contributed by atoms with Crippen LogP contribution in [0.1, 0.15) is 0 Å². The summed E-state index contributed by atoms with van der Waals surface area (Å²) in [5, 5.41) is 0.465. The number of aromatic nitrogens is 1. The molecular weight excluding hydrogens is 318 g/mol. The number of rotatable bonds is 3. The van der Waals surface area contributed by atoms with Gasteiger partial charge in [0.05, 0.1) is 15.5 Å². The summed E-state index contributed by atoms with van der Waals surface area (Å²) in [6.45, 7) is 0. The number of halogens is 1. The van der Waals surface area contributed by atoms with E-state index in [4.69, 9.17) is 11.6 Å². The monoisotopic (exact) mass is 329 g/mol. The second-order valence-corrected chi connectivity index (χ2v) is 7.03. The van der Waals surface area contributed by atoms with Crippen molar-refractivity contribution < 1.29 is 8.42 Å². The highest BCUT2D eigenvalue weighted by Crippen LogP contribution is 2.32. The normalized spacial score (nSPS) is 11.3. The molecule has 110 valence electrons. The van der Waals surface area contributed by atoms with Crippen molar-refractivity contribution in [3.63, 3.8) is 0 Å². The van der Waals surface area contributed by atoms with Crippen molar-refractivity contribution >= 4 is 21.4 Å². The van der Waals surface area contributed by atoms with E-state index in [1.807, 2.05) is 6.07 Å². The van der Waals surface area contributed by atoms with Crippen LogP contribution in [0.15, 0.2) is 82.7 Å². The molecule has 3 rings (SSSR count). The van der Waals surface area contributed by atoms with Crippen LogP contribution >= 0.6 is 11.6 Å². The fraction of sp³-hybridized carbons (Fsp3) is 0. The Morgan fingerprint density at radius 1 is 0.864 bits per heavy atom. The molecule has 22 heavy (non-hydrogen) atoms. The molecule has 0 spiro atoms. The Kier molecular flexibility index (Phi) is 3.96. The predicted octanol–water partition coefficient (Wildman–Crippen LogP) is 4.23. The number of sulfone groups is 1. The first-order chi connectivity index (χ1) is 10.6. The van der Waals surface area contributed by atoms with Gasteiger partial charge in [-0.05, 0) is 42.5 Å². The second kappa shape index (κ2) is 5.91. The quantitative estimate of drug-likeness (QED) is 0.722. The number of hydrogen-bond acceptors (Lipinski definition) is 3. The van der Waals surface area contributed by atoms with Gasteiger partial charge in [-0.25, -0.2) is 8.42 Å². The maximum Gasteiger partial charge on any atom is 0.207 e. The third-order valence-electron chi connectivity index (χ3n) is 3.23. The molecule has 5 heteroatoms. The summed E-state index contributed by atoms with van der Waals surface area (Å²) in [5.74, 6) is 0. The molecule has 0 bridgehead atoms. The standard InChI is InChI=1S/C17H12ClNO2S/c18-13-9-10-17(15(12-13)16-8-4-5-11-19-16)22(20,21)14-6-2-1-3-7-14/h1-12H. The van der Waals surface area contributed by atoms with Crippen LogP contribution < -0.4 is 0 Å². The molecule has 0 radical (unpaired) electrons. The number of benzene rings is 2. The molecule has 0 N–H and O–H groups in total. The first-order valence-corrected chi connectivity index (χ1v) is 8.46. The molecule has 2 aromatic carbocycles. The van der Waals surface area contributed by atoms with E-state index in [0.29, 0.717) is 16.3 Å². The Hall–Kier alpha value is -2.17. The Morgan fingerprint density at radius 2 is 1.59 bits per heavy atom. The second-order valence-electron chi connectivity index (χ2n) is 4.67. The van der Waals surface area contributed by atoms with Crippen molar-refractivity contribution in [2.24, 2.45) is 0 Å². The van der Waals surface area contributed by atoms with Gasteiger partial charge in [-0.3, -0.25) is 4.98 Å². The molecule has 0 saturated heterocycles. The van der Waals surface area contributed by atoms with Crippen LogP contribution in [-0.2, 0) is 9.84 Å². The lowest BCUT2D eigenvalue weighted by Gasteiger charge is -2.11. The van der Waals surface area contributed by atoms with Crippen LogP contribution in [0.25, 0.3) is 11.3 Å². The number of pyridine rings is 1. The van der Waals surface area contributed by atoms with Crippen LogP contribution in [0.4, 0.5) is 0 Å². The highest BCUT2D eigenvalue weighted by Gasteiger charge is 2.22. The topological polar surface area (TPSA) is 47.0 Å². The zero-order valence-electron chi connectivity index (χ0n) is 11.5. The minimum absolute atomic E-state index is 0.196. The van der Waals surface area contributed by atoms with E-state index >= 15 is 0 Å². The van der Waals surface area contributed by atoms with Crippen molar-refractivity contribution in [1.82, 2.24) is 4.98 Å². The zero-order valence-corrected chi connectivity index (χ0v) is 13.1. The highest BCUT2D eigenvalue weighted by molar-refractivity contribution is 7.91. The van der Waals surface area contributed by atoms with Gasteiger partial charge in [0.1, 0.15) is 0 Å². The van der Waals surface area contributed by atoms with Crippen LogP contribution in [0.3, 0.4) is 0 Å². The van der Waals surface area contributed by atoms with Gasteiger partial charge in [0.15, 0.2) is 0 Å². The van der Waals surface area contributed by atoms with Gasteiger partial charge >= 0.3 is 0 Å². The van der Waals surface area contributed by atoms with E-state index in [9.17, 15) is 8.42 Å². The summed E-state index contributed by atoms with van der Waals surface area (Å²) in [4.78, 5) is 4.68. The summed E-state index contributed by atoms with van der Waals surface area (Å²) < 4.78 is 25.7. The van der Waals surface area contributed by atoms with E-state index in [2.05, 4.69) is 4.98 Å². The minimum atomic E-state index is -3.63. The molecule has 3 aromatic rings. The number of hydrogen-bond donors (Lipinski definition) is 0. The molecule has 0 amide bonds. The van der Waals surface area contributed by atoms with Crippen LogP contribution in [0, 0.1) is 0 Å². The fourth-order valence-electron chi connectivity index (χ4n) is 2.19. The molecular formula is C17H12ClNO2S. The maximum absolute atomic E-state index is 12.9. The largest absolute Gasteiger partial charge is 0.256 e. The fourth-order valence-corrected chi connectivity index (χ4v) is 3.83. The Balaban J connectivity index is 2.25. The lowest BCUT2D eigenvalue weighted by Crippen LogP contribution is -2.04. The van der Waals surface area contributed by atoms with Gasteiger partial charge in [-0.2, -0.15) is 0 Å². The molecule has 0 aliphatic carbocycles. The summed E-state index contributed by atoms with van der Waals surface area (Å²) in [6, 6.07) is 18.4. The first kappa shape index (κ1) is 14.8. The third-order valence-corrected chi connectivity index (χ3v) is 5.29. The summed E-state index contributed by atoms with van der Waals surface area (Å²) >= 11 is 6.04. The Morgan fingerprint density at radius 3 is 2.27 bits per heavy atom. The van der Waals surface area contributed by atoms with Crippen molar-refractivity contribution in [1.29, 1.82) is 0 Å². The van der Waals surface area contributed by atoms with Gasteiger partial charge < -0.3 is 0 Å². The predicted molar refractivity (Wildman–Crippen MR) is 86.6 cm³/mol. The van der Waals surface area contributed by atoms with E-state index in [1.54, 1.807) is 60.8 Å². The molecule has 0 unspecified atom stereocenters. The van der Waals surface area contributed by atoms with Crippen LogP contribution in [0.2, 0.25) is 5.02 Å². The molecule has 0 aliphatic rings. The van der Waals surface area contributed by atoms with Gasteiger partial charge in [0.2, 0.25) is 9.84 Å². The Bertz CT molecular complexity index is 894. The van der Waals surface area contributed by atoms with Gasteiger partial charge in [0.25, 0.3) is 0 Å². The number of nitrogens with zero attached hydrogens (tertiary/aromatic N) is 1. The van der Waals surface area contributed by atoms with E-state index < -0.39 is 9.84 Å². The Labute approximate surface area is 134 Å². The van der Waals surface area contributed by atoms with Crippen molar-refractivity contribution in [2.45, 2.75) is 9.79 Å². The maximum atomic E-state index is 12.9. The lowest BCUT2D eigenvalue weighted by atomic mass is 10.1. The average Bonchev–Trinajstić information content (AvgIpc) is 2.56. The van der Waals surface area contributed by atoms with Gasteiger partial charge in [-0.15, -0.1) is 0 Å². The van der Waals surface area contributed by atoms with E-state index in [-0.39, 0.29) is 9.79 Å². The summed E-state index contributed by atoms with van der Waals surface area (Å²) in [5.41, 5.74) is 1.07. The van der Waals surface area contributed by atoms with Gasteiger partial charge in [0, 0.05) is 16.8 Å². The average molecular weight is 330 g/mol. The third kappa shape index (κ3) is 2.75. The van der Waals surface area contributed by atoms with E-state index in [0.717, 1.165) is 0 Å². The molecule has 0 fully saturated rings. The minimum Gasteiger partial charge on any atom is -0.256 e. The molecule has 3 nitrogen and oxygen atoms in total. The summed E-state index contributed by atoms with van der Waals surface area (Å²) in [7, 11) is -3.63. The van der Waals surface area contributed by atoms with Crippen molar-refractivity contribution in [2.75, 3.05) is 0 Å². The lowest BCUT2D eigenvalue weighted by molar-refractivity contribution is 0.596. The molecule has 1 heterocycles. The molecule has 0 saturated carbocycles.